The van der Waals surface area contributed by atoms with Crippen LogP contribution in [0, 0.1) is 0 Å². The normalized spacial score (nSPS) is 13.4. The third-order valence-corrected chi connectivity index (χ3v) is 16.9. The minimum absolute atomic E-state index is 0. The Labute approximate surface area is 1460 Å². The van der Waals surface area contributed by atoms with Gasteiger partial charge in [0.25, 0.3) is 0 Å². The van der Waals surface area contributed by atoms with Crippen LogP contribution < -0.4 is 30.0 Å². The van der Waals surface area contributed by atoms with Crippen LogP contribution in [0.5, 0.6) is 17.2 Å². The van der Waals surface area contributed by atoms with Gasteiger partial charge in [-0.25, -0.2) is 13.1 Å². The quantitative estimate of drug-likeness (QED) is 0.128. The summed E-state index contributed by atoms with van der Waals surface area (Å²) in [7, 11) is 3.27. The van der Waals surface area contributed by atoms with Gasteiger partial charge in [-0.15, -0.1) is 0 Å². The van der Waals surface area contributed by atoms with E-state index >= 15 is 0 Å². The first-order chi connectivity index (χ1) is 38.1. The maximum absolute atomic E-state index is 11.4. The van der Waals surface area contributed by atoms with E-state index < -0.39 is 10.0 Å². The Hall–Kier alpha value is 27.4. The second-order valence-electron chi connectivity index (χ2n) is 22.4. The van der Waals surface area contributed by atoms with Gasteiger partial charge in [-0.2, -0.15) is 0 Å². The van der Waals surface area contributed by atoms with Crippen LogP contribution in [-0.4, -0.2) is 112 Å². The van der Waals surface area contributed by atoms with Gasteiger partial charge in [0.2, 0.25) is 15.9 Å². The number of carbonyl (C=O) groups is 1. The summed E-state index contributed by atoms with van der Waals surface area (Å²) in [6, 6.07) is 49.9. The molecule has 0 saturated carbocycles. The van der Waals surface area contributed by atoms with Crippen molar-refractivity contribution < 1.29 is 1040 Å². The van der Waals surface area contributed by atoms with E-state index in [-0.39, 0.29) is 1060 Å². The van der Waals surface area contributed by atoms with Crippen LogP contribution in [0.25, 0.3) is 16.7 Å². The number of benzene rings is 6. The Kier molecular flexibility index (Phi) is 194. The molecule has 3 spiro atoms. The van der Waals surface area contributed by atoms with Crippen LogP contribution in [0.2, 0.25) is 0 Å². The zero-order valence-electron chi connectivity index (χ0n) is 64.4. The number of hydrogen-bond acceptors (Lipinski definition) is 10. The molecule has 0 bridgehead atoms. The molecule has 3 saturated heterocycles. The van der Waals surface area contributed by atoms with E-state index in [0.717, 1.165) is 134 Å². The van der Waals surface area contributed by atoms with Gasteiger partial charge in [0.15, 0.2) is 0 Å². The first-order valence-corrected chi connectivity index (χ1v) is 29.7. The SMILES string of the molecule is C.C.CC(=O)NCc1cccc(C2=CC3(CCN(C)CC3)Oc3ccccc32)c1.CN1CCC2(C=C(c3cccc(CN)c3)c3ccccc3O2)CC1.CN1CCC2(C=C(c3cccc(CNS(C)(=O)=O)c3)c3ccccc3O2)CC1.[Y].[Y].[Y].[Y].[Y].[Y].[Y].[Y].[Y].[Y].[Y].[Y].[Y].[Y].[Y].[Y].[Y].[Y].[Y].[Y].[Y].[Y].[Y].[Y].[Y].[Y].[Y].[Y].[Y].[Y].[Y]. The van der Waals surface area contributed by atoms with Crippen LogP contribution in [0.3, 0.4) is 0 Å². The number of nitrogens with two attached hydrogens (primary N) is 1. The van der Waals surface area contributed by atoms with E-state index in [4.69, 9.17) is 19.9 Å². The fourth-order valence-corrected chi connectivity index (χ4v) is 12.0. The maximum Gasteiger partial charge on any atom is 0.217 e. The molecule has 6 aromatic rings. The smallest absolute Gasteiger partial charge is 0.217 e. The van der Waals surface area contributed by atoms with E-state index in [0.29, 0.717) is 13.1 Å². The molecule has 3 fully saturated rings. The first kappa shape index (κ1) is 200. The number of nitrogens with zero attached hydrogens (tertiary/aromatic N) is 3. The van der Waals surface area contributed by atoms with Crippen molar-refractivity contribution in [3.63, 3.8) is 0 Å². The summed E-state index contributed by atoms with van der Waals surface area (Å²) in [4.78, 5) is 18.3. The van der Waals surface area contributed by atoms with Gasteiger partial charge < -0.3 is 40.0 Å². The summed E-state index contributed by atoms with van der Waals surface area (Å²) in [5.74, 6) is 2.87. The fraction of sp³-hybridized carbons (Fsp3) is 0.368. The summed E-state index contributed by atoms with van der Waals surface area (Å²) >= 11 is 0. The number of sulfonamides is 1. The zero-order chi connectivity index (χ0) is 55.2. The molecule has 0 atom stereocenters. The largest absolute Gasteiger partial charge is 0.482 e. The number of nitrogens with one attached hydrogen (secondary N) is 2. The topological polar surface area (TPSA) is 139 Å². The number of amides is 1. The third-order valence-electron chi connectivity index (χ3n) is 16.2. The number of rotatable bonds is 9. The molecule has 12 nitrogen and oxygen atoms in total. The van der Waals surface area contributed by atoms with Crippen molar-refractivity contribution in [3.8, 4) is 17.2 Å². The van der Waals surface area contributed by atoms with Gasteiger partial charge in [0.05, 0.1) is 6.26 Å². The average molecular weight is 3870 g/mol. The van der Waals surface area contributed by atoms with Crippen molar-refractivity contribution in [2.75, 3.05) is 66.7 Å². The maximum atomic E-state index is 11.4. The second kappa shape index (κ2) is 108. The number of fused-ring (bicyclic) bond motifs is 3. The average Bonchev–Trinajstić information content (AvgIpc) is 0.775. The third kappa shape index (κ3) is 68.3. The number of hydrogen-bond donors (Lipinski definition) is 3. The molecule has 31 radical (unpaired) electrons. The van der Waals surface area contributed by atoms with Crippen molar-refractivity contribution in [1.29, 1.82) is 0 Å². The molecule has 0 aliphatic carbocycles. The van der Waals surface area contributed by atoms with Gasteiger partial charge in [0.1, 0.15) is 34.1 Å². The molecule has 1 amide bonds. The van der Waals surface area contributed by atoms with Gasteiger partial charge >= 0.3 is 0 Å². The first-order valence-electron chi connectivity index (χ1n) is 27.8. The minimum Gasteiger partial charge on any atom is -0.482 e. The molecule has 6 aliphatic rings. The van der Waals surface area contributed by atoms with E-state index in [1.807, 2.05) is 36.4 Å². The Morgan fingerprint density at radius 1 is 0.366 bits per heavy atom. The van der Waals surface area contributed by atoms with E-state index in [1.165, 1.54) is 34.1 Å². The molecule has 6 aromatic carbocycles. The Bertz CT molecular complexity index is 3460. The molecule has 0 aromatic heterocycles. The summed E-state index contributed by atoms with van der Waals surface area (Å²) in [5, 5.41) is 2.88. The Morgan fingerprint density at radius 2 is 0.598 bits per heavy atom. The van der Waals surface area contributed by atoms with Crippen molar-refractivity contribution >= 4 is 32.6 Å². The van der Waals surface area contributed by atoms with E-state index in [1.54, 1.807) is 6.92 Å². The van der Waals surface area contributed by atoms with Crippen molar-refractivity contribution in [2.45, 2.75) is 96.7 Å². The number of ether oxygens (including phenoxy) is 3. The standard InChI is InChI=1S/C23H26N2O2.C22H26N2O3S.C21H24N2O.2CH4.31Y/c1-17(26)24-16-18-6-5-7-19(14-18)21-15-23(10-12-25(2)13-11-23)27-22-9-4-3-8-20(21)22;1-24-12-10-22(11-13-24)15-20(19-8-3-4-9-21(19)27-22)18-7-5-6-17(14-18)16-23-28(2,25)26;1-23-11-9-21(10-12-23)14-19(17-6-4-5-16(13-17)15-22)18-7-2-3-8-20(18)24-21;;;;;;;;;;;;;;;;;;;;;;;;;;;;;;;;;/h3-9,14-15H,10-13,16H2,1-2H3,(H,24,26);3-9,14-15,23H,10-13,16H2,1-2H3;2-8,13-14H,9-12,15,22H2,1H3;2*1H4;;;;;;;;;;;;;;;;;;;;;;;;;;;;;;;. The van der Waals surface area contributed by atoms with Crippen LogP contribution >= 0.6 is 0 Å². The van der Waals surface area contributed by atoms with Crippen molar-refractivity contribution in [3.05, 3.63) is 214 Å². The number of para-hydroxylation sites is 3. The van der Waals surface area contributed by atoms with Crippen LogP contribution in [0.15, 0.2) is 164 Å². The Morgan fingerprint density at radius 3 is 0.839 bits per heavy atom. The summed E-state index contributed by atoms with van der Waals surface area (Å²) in [6.07, 6.45) is 14.1. The number of piperidine rings is 3. The van der Waals surface area contributed by atoms with Crippen LogP contribution in [-0.2, 0) is 1050 Å². The second-order valence-corrected chi connectivity index (χ2v) is 24.2. The van der Waals surface area contributed by atoms with Gasteiger partial charge in [-0.05, 0) is 126 Å². The van der Waals surface area contributed by atoms with Gasteiger partial charge in [-0.3, -0.25) is 4.79 Å². The predicted octanol–water partition coefficient (Wildman–Crippen LogP) is 11.3. The van der Waals surface area contributed by atoms with Crippen LogP contribution in [0.4, 0.5) is 0 Å². The van der Waals surface area contributed by atoms with Crippen LogP contribution in [0.1, 0.15) is 110 Å². The number of carbonyl (C=O) groups excluding carboxylic acids is 1. The Balaban J connectivity index is -0.0000000412. The van der Waals surface area contributed by atoms with Crippen molar-refractivity contribution in [2.24, 2.45) is 5.73 Å². The van der Waals surface area contributed by atoms with Crippen molar-refractivity contribution in [1.82, 2.24) is 24.7 Å². The monoisotopic (exact) mass is 3870 g/mol. The summed E-state index contributed by atoms with van der Waals surface area (Å²) < 4.78 is 44.9. The molecular weight excluding hydrogens is 3780 g/mol. The molecule has 12 rings (SSSR count). The molecule has 112 heavy (non-hydrogen) atoms. The summed E-state index contributed by atoms with van der Waals surface area (Å²) in [6.45, 7) is 9.15. The summed E-state index contributed by atoms with van der Waals surface area (Å²) in [5.41, 5.74) is 18.9. The minimum atomic E-state index is -3.23. The molecule has 0 unspecified atom stereocenters. The molecule has 4 N–H and O–H groups in total. The molecule has 6 heterocycles. The van der Waals surface area contributed by atoms with E-state index in [2.05, 4.69) is 173 Å². The number of likely N-dealkylation sites (tertiary alicyclic amines) is 3. The predicted molar refractivity (Wildman–Crippen MR) is 331 cm³/mol. The fourth-order valence-electron chi connectivity index (χ4n) is 11.6. The van der Waals surface area contributed by atoms with E-state index in [9.17, 15) is 13.2 Å². The zero-order valence-corrected chi connectivity index (χ0v) is 153. The van der Waals surface area contributed by atoms with Gasteiger partial charge in [0, 0.05) is 1140 Å². The molecule has 44 heteroatoms. The molecule has 6 aliphatic heterocycles. The molecule has 521 valence electrons. The molecular formula is C68H84N6O6SY31. The van der Waals surface area contributed by atoms with Gasteiger partial charge in [-0.1, -0.05) is 124 Å².